The van der Waals surface area contributed by atoms with Crippen molar-refractivity contribution in [3.63, 3.8) is 0 Å². The number of hydrogen-bond acceptors (Lipinski definition) is 7. The van der Waals surface area contributed by atoms with Crippen LogP contribution in [-0.4, -0.2) is 30.9 Å². The maximum Gasteiger partial charge on any atom is 0.379 e. The molecule has 2 aromatic carbocycles. The molecule has 0 atom stereocenters. The van der Waals surface area contributed by atoms with Gasteiger partial charge >= 0.3 is 12.0 Å². The SMILES string of the molecule is COc1ccc(N2C(=O)NC(=O)C(=Cc3ccc(OC(=O)c4ccco4)cc3)C2=O)cc1Cl. The number of benzene rings is 2. The Kier molecular flexibility index (Phi) is 5.97. The van der Waals surface area contributed by atoms with E-state index in [1.807, 2.05) is 0 Å². The van der Waals surface area contributed by atoms with Crippen LogP contribution < -0.4 is 19.7 Å². The van der Waals surface area contributed by atoms with E-state index in [9.17, 15) is 19.2 Å². The van der Waals surface area contributed by atoms with Gasteiger partial charge in [0.15, 0.2) is 0 Å². The molecule has 10 heteroatoms. The molecule has 1 saturated heterocycles. The van der Waals surface area contributed by atoms with Crippen molar-refractivity contribution < 1.29 is 33.1 Å². The zero-order valence-electron chi connectivity index (χ0n) is 17.0. The van der Waals surface area contributed by atoms with Crippen LogP contribution in [0.25, 0.3) is 6.08 Å². The number of nitrogens with one attached hydrogen (secondary N) is 1. The minimum absolute atomic E-state index is 0.0501. The van der Waals surface area contributed by atoms with E-state index in [-0.39, 0.29) is 27.8 Å². The molecule has 0 spiro atoms. The van der Waals surface area contributed by atoms with Gasteiger partial charge in [-0.15, -0.1) is 0 Å². The molecule has 4 rings (SSSR count). The van der Waals surface area contributed by atoms with Gasteiger partial charge in [-0.05, 0) is 54.1 Å². The van der Waals surface area contributed by atoms with Crippen LogP contribution in [0.1, 0.15) is 16.1 Å². The number of nitrogens with zero attached hydrogens (tertiary/aromatic N) is 1. The number of urea groups is 1. The Morgan fingerprint density at radius 2 is 1.85 bits per heavy atom. The minimum atomic E-state index is -0.899. The molecule has 3 aromatic rings. The third-order valence-corrected chi connectivity index (χ3v) is 4.91. The molecule has 4 amide bonds. The molecule has 1 aliphatic rings. The minimum Gasteiger partial charge on any atom is -0.495 e. The number of esters is 1. The number of carbonyl (C=O) groups is 4. The maximum atomic E-state index is 13.0. The Morgan fingerprint density at radius 3 is 2.48 bits per heavy atom. The van der Waals surface area contributed by atoms with Gasteiger partial charge in [0.2, 0.25) is 5.76 Å². The van der Waals surface area contributed by atoms with E-state index in [0.717, 1.165) is 4.90 Å². The molecule has 9 nitrogen and oxygen atoms in total. The van der Waals surface area contributed by atoms with E-state index in [2.05, 4.69) is 5.32 Å². The molecular weight excluding hydrogens is 452 g/mol. The van der Waals surface area contributed by atoms with Crippen LogP contribution in [-0.2, 0) is 9.59 Å². The lowest BCUT2D eigenvalue weighted by atomic mass is 10.1. The lowest BCUT2D eigenvalue weighted by molar-refractivity contribution is -0.122. The van der Waals surface area contributed by atoms with Crippen LogP contribution in [0.3, 0.4) is 0 Å². The molecule has 1 aromatic heterocycles. The van der Waals surface area contributed by atoms with E-state index in [0.29, 0.717) is 11.3 Å². The Balaban J connectivity index is 1.57. The highest BCUT2D eigenvalue weighted by atomic mass is 35.5. The number of carbonyl (C=O) groups excluding carboxylic acids is 4. The first-order valence-corrected chi connectivity index (χ1v) is 9.86. The molecule has 1 fully saturated rings. The summed E-state index contributed by atoms with van der Waals surface area (Å²) in [6.07, 6.45) is 2.67. The summed E-state index contributed by atoms with van der Waals surface area (Å²) in [4.78, 5) is 50.4. The van der Waals surface area contributed by atoms with E-state index in [1.54, 1.807) is 18.2 Å². The molecule has 0 saturated carbocycles. The number of halogens is 1. The Hall–Kier alpha value is -4.37. The number of methoxy groups -OCH3 is 1. The highest BCUT2D eigenvalue weighted by molar-refractivity contribution is 6.39. The molecular formula is C23H15ClN2O7. The maximum absolute atomic E-state index is 13.0. The lowest BCUT2D eigenvalue weighted by Gasteiger charge is -2.26. The molecule has 1 aliphatic heterocycles. The molecule has 2 heterocycles. The second kappa shape index (κ2) is 9.01. The standard InChI is InChI=1S/C23H15ClN2O7/c1-31-18-9-6-14(12-17(18)24)26-21(28)16(20(27)25-23(26)30)11-13-4-7-15(8-5-13)33-22(29)19-3-2-10-32-19/h2-12H,1H3,(H,25,27,30). The first-order valence-electron chi connectivity index (χ1n) is 9.48. The van der Waals surface area contributed by atoms with Gasteiger partial charge in [-0.3, -0.25) is 14.9 Å². The molecule has 0 aliphatic carbocycles. The van der Waals surface area contributed by atoms with Crippen molar-refractivity contribution in [1.82, 2.24) is 5.32 Å². The third-order valence-electron chi connectivity index (χ3n) is 4.62. The summed E-state index contributed by atoms with van der Waals surface area (Å²) in [6.45, 7) is 0. The number of anilines is 1. The van der Waals surface area contributed by atoms with Crippen LogP contribution in [0.5, 0.6) is 11.5 Å². The van der Waals surface area contributed by atoms with Crippen molar-refractivity contribution in [3.8, 4) is 11.5 Å². The first kappa shape index (κ1) is 21.8. The summed E-state index contributed by atoms with van der Waals surface area (Å²) < 4.78 is 15.2. The highest BCUT2D eigenvalue weighted by Crippen LogP contribution is 2.31. The molecule has 166 valence electrons. The molecule has 0 bridgehead atoms. The van der Waals surface area contributed by atoms with Crippen molar-refractivity contribution in [2.75, 3.05) is 12.0 Å². The normalized spacial score (nSPS) is 14.9. The predicted octanol–water partition coefficient (Wildman–Crippen LogP) is 3.83. The van der Waals surface area contributed by atoms with E-state index in [4.69, 9.17) is 25.5 Å². The van der Waals surface area contributed by atoms with Crippen LogP contribution in [0, 0.1) is 0 Å². The van der Waals surface area contributed by atoms with Crippen molar-refractivity contribution in [2.45, 2.75) is 0 Å². The second-order valence-electron chi connectivity index (χ2n) is 6.71. The summed E-state index contributed by atoms with van der Waals surface area (Å²) in [5.74, 6) is -1.67. The molecule has 1 N–H and O–H groups in total. The van der Waals surface area contributed by atoms with Crippen molar-refractivity contribution in [1.29, 1.82) is 0 Å². The number of hydrogen-bond donors (Lipinski definition) is 1. The smallest absolute Gasteiger partial charge is 0.379 e. The number of rotatable bonds is 5. The zero-order chi connectivity index (χ0) is 23.5. The van der Waals surface area contributed by atoms with Crippen LogP contribution in [0.4, 0.5) is 10.5 Å². The van der Waals surface area contributed by atoms with Crippen LogP contribution in [0.2, 0.25) is 5.02 Å². The number of imide groups is 2. The number of furan rings is 1. The topological polar surface area (TPSA) is 115 Å². The number of ether oxygens (including phenoxy) is 2. The Bertz CT molecular complexity index is 1280. The van der Waals surface area contributed by atoms with Crippen LogP contribution in [0.15, 0.2) is 70.9 Å². The van der Waals surface area contributed by atoms with Gasteiger partial charge in [0, 0.05) is 0 Å². The van der Waals surface area contributed by atoms with Gasteiger partial charge in [0.25, 0.3) is 11.8 Å². The summed E-state index contributed by atoms with van der Waals surface area (Å²) >= 11 is 6.10. The molecule has 33 heavy (non-hydrogen) atoms. The van der Waals surface area contributed by atoms with Gasteiger partial charge in [-0.25, -0.2) is 14.5 Å². The second-order valence-corrected chi connectivity index (χ2v) is 7.12. The summed E-state index contributed by atoms with van der Waals surface area (Å²) in [6, 6.07) is 12.6. The van der Waals surface area contributed by atoms with Gasteiger partial charge in [0.05, 0.1) is 24.1 Å². The van der Waals surface area contributed by atoms with Crippen molar-refractivity contribution in [2.24, 2.45) is 0 Å². The fraction of sp³-hybridized carbons (Fsp3) is 0.0435. The number of barbiturate groups is 1. The van der Waals surface area contributed by atoms with E-state index >= 15 is 0 Å². The predicted molar refractivity (Wildman–Crippen MR) is 117 cm³/mol. The monoisotopic (exact) mass is 466 g/mol. The summed E-state index contributed by atoms with van der Waals surface area (Å²) in [7, 11) is 1.43. The van der Waals surface area contributed by atoms with Crippen molar-refractivity contribution >= 4 is 47.2 Å². The van der Waals surface area contributed by atoms with Gasteiger partial charge in [-0.2, -0.15) is 0 Å². The fourth-order valence-corrected chi connectivity index (χ4v) is 3.29. The van der Waals surface area contributed by atoms with Crippen LogP contribution >= 0.6 is 11.6 Å². The van der Waals surface area contributed by atoms with Gasteiger partial charge in [0.1, 0.15) is 17.1 Å². The Morgan fingerprint density at radius 1 is 1.09 bits per heavy atom. The fourth-order valence-electron chi connectivity index (χ4n) is 3.04. The first-order chi connectivity index (χ1) is 15.9. The number of amides is 4. The summed E-state index contributed by atoms with van der Waals surface area (Å²) in [5, 5.41) is 2.33. The average molecular weight is 467 g/mol. The van der Waals surface area contributed by atoms with E-state index in [1.165, 1.54) is 55.8 Å². The highest BCUT2D eigenvalue weighted by Gasteiger charge is 2.37. The van der Waals surface area contributed by atoms with E-state index < -0.39 is 23.8 Å². The van der Waals surface area contributed by atoms with Crippen molar-refractivity contribution in [3.05, 3.63) is 82.8 Å². The van der Waals surface area contributed by atoms with Gasteiger partial charge in [-0.1, -0.05) is 23.7 Å². The summed E-state index contributed by atoms with van der Waals surface area (Å²) in [5.41, 5.74) is 0.372. The lowest BCUT2D eigenvalue weighted by Crippen LogP contribution is -2.54. The molecule has 0 unspecified atom stereocenters. The quantitative estimate of drug-likeness (QED) is 0.263. The zero-order valence-corrected chi connectivity index (χ0v) is 17.8. The largest absolute Gasteiger partial charge is 0.495 e. The third kappa shape index (κ3) is 4.48. The molecule has 0 radical (unpaired) electrons. The van der Waals surface area contributed by atoms with Gasteiger partial charge < -0.3 is 13.9 Å². The Labute approximate surface area is 192 Å². The average Bonchev–Trinajstić information content (AvgIpc) is 3.33.